The molecule has 0 saturated heterocycles. The number of carbonyl (C=O) groups excluding carboxylic acids is 1. The van der Waals surface area contributed by atoms with E-state index in [1.807, 2.05) is 6.26 Å². The third-order valence-corrected chi connectivity index (χ3v) is 3.40. The van der Waals surface area contributed by atoms with Gasteiger partial charge in [-0.1, -0.05) is 0 Å². The van der Waals surface area contributed by atoms with Gasteiger partial charge < -0.3 is 10.6 Å². The molecule has 1 rings (SSSR count). The molecule has 0 bridgehead atoms. The van der Waals surface area contributed by atoms with Gasteiger partial charge in [-0.15, -0.1) is 0 Å². The van der Waals surface area contributed by atoms with Gasteiger partial charge in [0.05, 0.1) is 11.9 Å². The van der Waals surface area contributed by atoms with E-state index in [0.717, 1.165) is 0 Å². The zero-order valence-corrected chi connectivity index (χ0v) is 10.6. The van der Waals surface area contributed by atoms with Crippen LogP contribution in [0, 0.1) is 0 Å². The van der Waals surface area contributed by atoms with Crippen molar-refractivity contribution in [3.63, 3.8) is 0 Å². The van der Waals surface area contributed by atoms with Crippen LogP contribution in [0.2, 0.25) is 0 Å². The van der Waals surface area contributed by atoms with Crippen LogP contribution in [-0.2, 0) is 0 Å². The van der Waals surface area contributed by atoms with Gasteiger partial charge >= 0.3 is 6.03 Å². The molecule has 1 heterocycles. The van der Waals surface area contributed by atoms with E-state index < -0.39 is 0 Å². The summed E-state index contributed by atoms with van der Waals surface area (Å²) < 4.78 is 0.0479. The normalized spacial score (nSPS) is 10.9. The molecular weight excluding hydrogens is 222 g/mol. The average Bonchev–Trinajstić information content (AvgIpc) is 2.28. The Bertz CT molecular complexity index is 340. The number of nitrogens with one attached hydrogen (secondary N) is 2. The summed E-state index contributed by atoms with van der Waals surface area (Å²) in [7, 11) is 0. The first-order valence-electron chi connectivity index (χ1n) is 5.03. The molecule has 0 atom stereocenters. The third kappa shape index (κ3) is 4.53. The molecule has 0 aromatic carbocycles. The van der Waals surface area contributed by atoms with Gasteiger partial charge in [-0.3, -0.25) is 4.98 Å². The summed E-state index contributed by atoms with van der Waals surface area (Å²) in [5.41, 5.74) is 0.696. The predicted octanol–water partition coefficient (Wildman–Crippen LogP) is 2.34. The van der Waals surface area contributed by atoms with E-state index in [4.69, 9.17) is 0 Å². The van der Waals surface area contributed by atoms with E-state index in [1.54, 1.807) is 36.3 Å². The van der Waals surface area contributed by atoms with Gasteiger partial charge in [0.15, 0.2) is 0 Å². The van der Waals surface area contributed by atoms with Crippen LogP contribution >= 0.6 is 11.8 Å². The van der Waals surface area contributed by atoms with Crippen LogP contribution in [0.25, 0.3) is 0 Å². The Labute approximate surface area is 100 Å². The van der Waals surface area contributed by atoms with E-state index in [0.29, 0.717) is 12.2 Å². The topological polar surface area (TPSA) is 54.0 Å². The van der Waals surface area contributed by atoms with Crippen LogP contribution in [0.1, 0.15) is 13.8 Å². The maximum atomic E-state index is 11.5. The highest BCUT2D eigenvalue weighted by atomic mass is 32.2. The molecule has 0 aliphatic carbocycles. The highest BCUT2D eigenvalue weighted by molar-refractivity contribution is 7.99. The Balaban J connectivity index is 2.38. The standard InChI is InChI=1S/C11H17N3OS/c1-11(2,16-3)8-13-10(15)14-9-5-4-6-12-7-9/h4-7H,8H2,1-3H3,(H2,13,14,15). The Morgan fingerprint density at radius 2 is 2.31 bits per heavy atom. The molecule has 0 saturated carbocycles. The fourth-order valence-electron chi connectivity index (χ4n) is 0.977. The molecule has 16 heavy (non-hydrogen) atoms. The molecule has 0 spiro atoms. The highest BCUT2D eigenvalue weighted by Crippen LogP contribution is 2.19. The summed E-state index contributed by atoms with van der Waals surface area (Å²) >= 11 is 1.72. The molecule has 1 aromatic rings. The molecule has 0 fully saturated rings. The summed E-state index contributed by atoms with van der Waals surface area (Å²) in [6.07, 6.45) is 5.31. The van der Waals surface area contributed by atoms with Crippen molar-refractivity contribution in [2.75, 3.05) is 18.1 Å². The van der Waals surface area contributed by atoms with Crippen LogP contribution in [0.4, 0.5) is 10.5 Å². The molecule has 0 aliphatic rings. The number of thioether (sulfide) groups is 1. The Morgan fingerprint density at radius 3 is 2.88 bits per heavy atom. The van der Waals surface area contributed by atoms with Crippen molar-refractivity contribution in [2.24, 2.45) is 0 Å². The first-order valence-corrected chi connectivity index (χ1v) is 6.26. The number of amides is 2. The smallest absolute Gasteiger partial charge is 0.319 e. The van der Waals surface area contributed by atoms with Crippen molar-refractivity contribution in [3.05, 3.63) is 24.5 Å². The predicted molar refractivity (Wildman–Crippen MR) is 68.9 cm³/mol. The quantitative estimate of drug-likeness (QED) is 0.848. The second-order valence-electron chi connectivity index (χ2n) is 4.01. The molecule has 2 amide bonds. The number of carbonyl (C=O) groups is 1. The first kappa shape index (κ1) is 12.8. The Kier molecular flexibility index (Phi) is 4.61. The molecular formula is C11H17N3OS. The summed E-state index contributed by atoms with van der Waals surface area (Å²) in [6, 6.07) is 3.38. The van der Waals surface area contributed by atoms with Gasteiger partial charge in [-0.25, -0.2) is 4.79 Å². The molecule has 4 nitrogen and oxygen atoms in total. The lowest BCUT2D eigenvalue weighted by molar-refractivity contribution is 0.251. The average molecular weight is 239 g/mol. The molecule has 0 unspecified atom stereocenters. The van der Waals surface area contributed by atoms with Crippen LogP contribution in [-0.4, -0.2) is 28.6 Å². The number of hydrogen-bond donors (Lipinski definition) is 2. The second kappa shape index (κ2) is 5.75. The number of anilines is 1. The van der Waals surface area contributed by atoms with Crippen molar-refractivity contribution in [2.45, 2.75) is 18.6 Å². The molecule has 0 radical (unpaired) electrons. The number of nitrogens with zero attached hydrogens (tertiary/aromatic N) is 1. The minimum Gasteiger partial charge on any atom is -0.336 e. The molecule has 5 heteroatoms. The number of urea groups is 1. The Hall–Kier alpha value is -1.23. The van der Waals surface area contributed by atoms with E-state index in [9.17, 15) is 4.79 Å². The monoisotopic (exact) mass is 239 g/mol. The van der Waals surface area contributed by atoms with Gasteiger partial charge in [-0.05, 0) is 32.2 Å². The van der Waals surface area contributed by atoms with E-state index in [2.05, 4.69) is 29.5 Å². The number of pyridine rings is 1. The maximum Gasteiger partial charge on any atom is 0.319 e. The molecule has 1 aromatic heterocycles. The lowest BCUT2D eigenvalue weighted by Gasteiger charge is -2.22. The summed E-state index contributed by atoms with van der Waals surface area (Å²) in [5, 5.41) is 5.54. The van der Waals surface area contributed by atoms with Gasteiger partial charge in [0.25, 0.3) is 0 Å². The Morgan fingerprint density at radius 1 is 1.56 bits per heavy atom. The number of aromatic nitrogens is 1. The van der Waals surface area contributed by atoms with E-state index in [-0.39, 0.29) is 10.8 Å². The zero-order valence-electron chi connectivity index (χ0n) is 9.78. The van der Waals surface area contributed by atoms with Crippen LogP contribution in [0.3, 0.4) is 0 Å². The molecule has 0 aliphatic heterocycles. The summed E-state index contributed by atoms with van der Waals surface area (Å²) in [6.45, 7) is 4.80. The minimum atomic E-state index is -0.199. The SMILES string of the molecule is CSC(C)(C)CNC(=O)Nc1cccnc1. The van der Waals surface area contributed by atoms with E-state index in [1.165, 1.54) is 0 Å². The fourth-order valence-corrected chi connectivity index (χ4v) is 1.19. The van der Waals surface area contributed by atoms with Crippen LogP contribution in [0.15, 0.2) is 24.5 Å². The lowest BCUT2D eigenvalue weighted by atomic mass is 10.2. The number of rotatable bonds is 4. The van der Waals surface area contributed by atoms with Crippen molar-refractivity contribution in [1.29, 1.82) is 0 Å². The van der Waals surface area contributed by atoms with Crippen LogP contribution in [0.5, 0.6) is 0 Å². The van der Waals surface area contributed by atoms with Gasteiger partial charge in [0.2, 0.25) is 0 Å². The van der Waals surface area contributed by atoms with Crippen molar-refractivity contribution >= 4 is 23.5 Å². The lowest BCUT2D eigenvalue weighted by Crippen LogP contribution is -2.38. The summed E-state index contributed by atoms with van der Waals surface area (Å²) in [5.74, 6) is 0. The van der Waals surface area contributed by atoms with E-state index >= 15 is 0 Å². The van der Waals surface area contributed by atoms with Crippen molar-refractivity contribution in [3.8, 4) is 0 Å². The zero-order chi connectivity index (χ0) is 12.0. The van der Waals surface area contributed by atoms with Crippen LogP contribution < -0.4 is 10.6 Å². The summed E-state index contributed by atoms with van der Waals surface area (Å²) in [4.78, 5) is 15.4. The van der Waals surface area contributed by atoms with Crippen molar-refractivity contribution < 1.29 is 4.79 Å². The molecule has 2 N–H and O–H groups in total. The maximum absolute atomic E-state index is 11.5. The molecule has 88 valence electrons. The number of hydrogen-bond acceptors (Lipinski definition) is 3. The second-order valence-corrected chi connectivity index (χ2v) is 5.53. The largest absolute Gasteiger partial charge is 0.336 e. The highest BCUT2D eigenvalue weighted by Gasteiger charge is 2.16. The first-order chi connectivity index (χ1) is 7.53. The van der Waals surface area contributed by atoms with Gasteiger partial charge in [-0.2, -0.15) is 11.8 Å². The van der Waals surface area contributed by atoms with Gasteiger partial charge in [0.1, 0.15) is 0 Å². The minimum absolute atomic E-state index is 0.0479. The third-order valence-electron chi connectivity index (χ3n) is 2.15. The fraction of sp³-hybridized carbons (Fsp3) is 0.455. The van der Waals surface area contributed by atoms with Crippen molar-refractivity contribution in [1.82, 2.24) is 10.3 Å². The van der Waals surface area contributed by atoms with Gasteiger partial charge in [0, 0.05) is 17.5 Å².